The van der Waals surface area contributed by atoms with Gasteiger partial charge in [-0.1, -0.05) is 36.4 Å². The number of rotatable bonds is 5. The Morgan fingerprint density at radius 1 is 0.806 bits per heavy atom. The van der Waals surface area contributed by atoms with Crippen LogP contribution in [-0.4, -0.2) is 18.9 Å². The molecule has 0 spiro atoms. The van der Waals surface area contributed by atoms with Crippen LogP contribution in [-0.2, 0) is 9.59 Å². The smallest absolute Gasteiger partial charge is 0.282 e. The number of carbonyl (C=O) groups excluding carboxylic acids is 2. The summed E-state index contributed by atoms with van der Waals surface area (Å²) in [5.41, 5.74) is 5.57. The van der Waals surface area contributed by atoms with Gasteiger partial charge in [-0.2, -0.15) is 0 Å². The van der Waals surface area contributed by atoms with Crippen molar-refractivity contribution in [2.75, 3.05) is 17.3 Å². The summed E-state index contributed by atoms with van der Waals surface area (Å²) < 4.78 is 5.24. The minimum atomic E-state index is -0.371. The maximum Gasteiger partial charge on any atom is 0.282 e. The topological polar surface area (TPSA) is 58.6 Å². The van der Waals surface area contributed by atoms with Gasteiger partial charge in [0.1, 0.15) is 11.4 Å². The van der Waals surface area contributed by atoms with E-state index in [0.717, 1.165) is 22.4 Å². The number of anilines is 2. The molecule has 0 unspecified atom stereocenters. The van der Waals surface area contributed by atoms with Crippen molar-refractivity contribution in [2.24, 2.45) is 0 Å². The number of aryl methyl sites for hydroxylation is 3. The molecule has 0 aromatic heterocycles. The number of hydrogen-bond donors (Lipinski definition) is 1. The Morgan fingerprint density at radius 3 is 2.06 bits per heavy atom. The van der Waals surface area contributed by atoms with Crippen LogP contribution in [0, 0.1) is 20.8 Å². The average molecular weight is 412 g/mol. The number of benzene rings is 3. The van der Waals surface area contributed by atoms with Crippen molar-refractivity contribution in [3.05, 3.63) is 94.7 Å². The molecule has 2 amide bonds. The second kappa shape index (κ2) is 8.11. The summed E-state index contributed by atoms with van der Waals surface area (Å²) in [6, 6.07) is 20.6. The lowest BCUT2D eigenvalue weighted by atomic mass is 10.0. The molecular weight excluding hydrogens is 388 g/mol. The van der Waals surface area contributed by atoms with Gasteiger partial charge in [0.2, 0.25) is 0 Å². The number of amides is 2. The van der Waals surface area contributed by atoms with Crippen LogP contribution in [0.4, 0.5) is 11.4 Å². The summed E-state index contributed by atoms with van der Waals surface area (Å²) in [6.45, 7) is 5.86. The average Bonchev–Trinajstić information content (AvgIpc) is 2.98. The quantitative estimate of drug-likeness (QED) is 0.598. The van der Waals surface area contributed by atoms with Gasteiger partial charge in [-0.05, 0) is 73.4 Å². The standard InChI is InChI=1S/C26H24N2O3/c1-16-13-17(2)15-20(14-16)28-25(29)23(19-9-11-21(31-4)12-10-19)24(26(28)30)27-22-8-6-5-7-18(22)3/h5-15,27H,1-4H3. The molecule has 156 valence electrons. The van der Waals surface area contributed by atoms with Crippen molar-refractivity contribution in [3.8, 4) is 5.75 Å². The van der Waals surface area contributed by atoms with Crippen LogP contribution >= 0.6 is 0 Å². The van der Waals surface area contributed by atoms with Gasteiger partial charge in [-0.15, -0.1) is 0 Å². The summed E-state index contributed by atoms with van der Waals surface area (Å²) in [6.07, 6.45) is 0. The summed E-state index contributed by atoms with van der Waals surface area (Å²) in [4.78, 5) is 28.3. The Balaban J connectivity index is 1.85. The highest BCUT2D eigenvalue weighted by atomic mass is 16.5. The highest BCUT2D eigenvalue weighted by Crippen LogP contribution is 2.35. The van der Waals surface area contributed by atoms with E-state index in [1.165, 1.54) is 4.90 Å². The predicted molar refractivity (Wildman–Crippen MR) is 123 cm³/mol. The third kappa shape index (κ3) is 3.82. The van der Waals surface area contributed by atoms with Crippen molar-refractivity contribution >= 4 is 28.8 Å². The van der Waals surface area contributed by atoms with Crippen LogP contribution in [0.15, 0.2) is 72.4 Å². The third-order valence-electron chi connectivity index (χ3n) is 5.33. The first-order valence-corrected chi connectivity index (χ1v) is 10.1. The first kappa shape index (κ1) is 20.4. The van der Waals surface area contributed by atoms with Crippen LogP contribution in [0.25, 0.3) is 5.57 Å². The largest absolute Gasteiger partial charge is 0.497 e. The lowest BCUT2D eigenvalue weighted by Gasteiger charge is -2.17. The third-order valence-corrected chi connectivity index (χ3v) is 5.33. The molecule has 4 rings (SSSR count). The number of imide groups is 1. The number of hydrogen-bond acceptors (Lipinski definition) is 4. The first-order chi connectivity index (χ1) is 14.9. The molecule has 0 saturated heterocycles. The lowest BCUT2D eigenvalue weighted by Crippen LogP contribution is -2.32. The number of carbonyl (C=O) groups is 2. The molecular formula is C26H24N2O3. The van der Waals surface area contributed by atoms with E-state index in [1.54, 1.807) is 31.4 Å². The van der Waals surface area contributed by atoms with Gasteiger partial charge < -0.3 is 10.1 Å². The summed E-state index contributed by atoms with van der Waals surface area (Å²) in [5.74, 6) is -0.0407. The fourth-order valence-corrected chi connectivity index (χ4v) is 3.83. The van der Waals surface area contributed by atoms with E-state index in [9.17, 15) is 9.59 Å². The molecule has 5 heteroatoms. The zero-order valence-corrected chi connectivity index (χ0v) is 18.0. The van der Waals surface area contributed by atoms with E-state index in [0.29, 0.717) is 22.6 Å². The molecule has 0 atom stereocenters. The van der Waals surface area contributed by atoms with Crippen molar-refractivity contribution in [2.45, 2.75) is 20.8 Å². The monoisotopic (exact) mass is 412 g/mol. The molecule has 0 fully saturated rings. The lowest BCUT2D eigenvalue weighted by molar-refractivity contribution is -0.120. The number of nitrogens with one attached hydrogen (secondary N) is 1. The first-order valence-electron chi connectivity index (χ1n) is 10.1. The highest BCUT2D eigenvalue weighted by molar-refractivity contribution is 6.46. The molecule has 1 aliphatic heterocycles. The Labute approximate surface area is 182 Å². The fourth-order valence-electron chi connectivity index (χ4n) is 3.83. The van der Waals surface area contributed by atoms with Crippen LogP contribution in [0.2, 0.25) is 0 Å². The van der Waals surface area contributed by atoms with E-state index in [1.807, 2.05) is 63.2 Å². The van der Waals surface area contributed by atoms with Crippen LogP contribution in [0.1, 0.15) is 22.3 Å². The molecule has 5 nitrogen and oxygen atoms in total. The second-order valence-electron chi connectivity index (χ2n) is 7.71. The van der Waals surface area contributed by atoms with Crippen LogP contribution in [0.5, 0.6) is 5.75 Å². The maximum absolute atomic E-state index is 13.6. The van der Waals surface area contributed by atoms with Crippen molar-refractivity contribution in [3.63, 3.8) is 0 Å². The van der Waals surface area contributed by atoms with Gasteiger partial charge in [0, 0.05) is 5.69 Å². The number of para-hydroxylation sites is 1. The maximum atomic E-state index is 13.6. The molecule has 31 heavy (non-hydrogen) atoms. The molecule has 0 aliphatic carbocycles. The molecule has 1 heterocycles. The molecule has 0 saturated carbocycles. The van der Waals surface area contributed by atoms with E-state index in [2.05, 4.69) is 5.32 Å². The number of nitrogens with zero attached hydrogens (tertiary/aromatic N) is 1. The zero-order valence-electron chi connectivity index (χ0n) is 18.0. The van der Waals surface area contributed by atoms with Crippen molar-refractivity contribution in [1.29, 1.82) is 0 Å². The predicted octanol–water partition coefficient (Wildman–Crippen LogP) is 5.02. The molecule has 1 N–H and O–H groups in total. The molecule has 3 aromatic rings. The van der Waals surface area contributed by atoms with E-state index < -0.39 is 0 Å². The molecule has 1 aliphatic rings. The Bertz CT molecular complexity index is 1190. The van der Waals surface area contributed by atoms with Gasteiger partial charge in [-0.25, -0.2) is 4.90 Å². The van der Waals surface area contributed by atoms with E-state index >= 15 is 0 Å². The molecule has 0 radical (unpaired) electrons. The minimum Gasteiger partial charge on any atom is -0.497 e. The SMILES string of the molecule is COc1ccc(C2=C(Nc3ccccc3C)C(=O)N(c3cc(C)cc(C)c3)C2=O)cc1. The van der Waals surface area contributed by atoms with Gasteiger partial charge in [-0.3, -0.25) is 9.59 Å². The van der Waals surface area contributed by atoms with Crippen LogP contribution in [0.3, 0.4) is 0 Å². The van der Waals surface area contributed by atoms with Gasteiger partial charge in [0.15, 0.2) is 0 Å². The Hall–Kier alpha value is -3.86. The van der Waals surface area contributed by atoms with Gasteiger partial charge in [0.05, 0.1) is 18.4 Å². The van der Waals surface area contributed by atoms with E-state index in [4.69, 9.17) is 4.74 Å². The Morgan fingerprint density at radius 2 is 1.45 bits per heavy atom. The summed E-state index contributed by atoms with van der Waals surface area (Å²) in [5, 5.41) is 3.23. The fraction of sp³-hybridized carbons (Fsp3) is 0.154. The van der Waals surface area contributed by atoms with Gasteiger partial charge >= 0.3 is 0 Å². The zero-order chi connectivity index (χ0) is 22.1. The summed E-state index contributed by atoms with van der Waals surface area (Å²) >= 11 is 0. The normalized spacial score (nSPS) is 13.7. The Kier molecular flexibility index (Phi) is 5.34. The van der Waals surface area contributed by atoms with Gasteiger partial charge in [0.25, 0.3) is 11.8 Å². The summed E-state index contributed by atoms with van der Waals surface area (Å²) in [7, 11) is 1.59. The molecule has 3 aromatic carbocycles. The number of methoxy groups -OCH3 is 1. The second-order valence-corrected chi connectivity index (χ2v) is 7.71. The highest BCUT2D eigenvalue weighted by Gasteiger charge is 2.40. The minimum absolute atomic E-state index is 0.267. The molecule has 0 bridgehead atoms. The van der Waals surface area contributed by atoms with E-state index in [-0.39, 0.29) is 17.5 Å². The van der Waals surface area contributed by atoms with Crippen molar-refractivity contribution in [1.82, 2.24) is 0 Å². The van der Waals surface area contributed by atoms with Crippen LogP contribution < -0.4 is 15.0 Å². The van der Waals surface area contributed by atoms with Crippen molar-refractivity contribution < 1.29 is 14.3 Å². The number of ether oxygens (including phenoxy) is 1.